The monoisotopic (exact) mass is 395 g/mol. The lowest BCUT2D eigenvalue weighted by molar-refractivity contribution is -0.137. The average Bonchev–Trinajstić information content (AvgIpc) is 3.12. The minimum absolute atomic E-state index is 0.0352. The zero-order valence-corrected chi connectivity index (χ0v) is 14.7. The number of alkyl halides is 3. The predicted molar refractivity (Wildman–Crippen MR) is 93.0 cm³/mol. The maximum absolute atomic E-state index is 12.9. The first-order valence-electron chi connectivity index (χ1n) is 7.78. The molecule has 140 valence electrons. The van der Waals surface area contributed by atoms with E-state index in [2.05, 4.69) is 20.7 Å². The van der Waals surface area contributed by atoms with E-state index in [1.807, 2.05) is 18.2 Å². The van der Waals surface area contributed by atoms with Crippen molar-refractivity contribution in [3.63, 3.8) is 0 Å². The number of rotatable bonds is 4. The van der Waals surface area contributed by atoms with E-state index in [0.717, 1.165) is 22.5 Å². The van der Waals surface area contributed by atoms with Crippen LogP contribution in [0.1, 0.15) is 18.5 Å². The van der Waals surface area contributed by atoms with Crippen molar-refractivity contribution in [2.45, 2.75) is 19.1 Å². The molecule has 0 bridgehead atoms. The van der Waals surface area contributed by atoms with Gasteiger partial charge in [0.25, 0.3) is 5.91 Å². The summed E-state index contributed by atoms with van der Waals surface area (Å²) < 4.78 is 38.8. The van der Waals surface area contributed by atoms with Gasteiger partial charge in [-0.05, 0) is 30.3 Å². The molecular weight excluding hydrogens is 383 g/mol. The molecule has 1 N–H and O–H groups in total. The zero-order chi connectivity index (χ0) is 19.6. The van der Waals surface area contributed by atoms with Crippen molar-refractivity contribution in [2.24, 2.45) is 0 Å². The molecule has 6 nitrogen and oxygen atoms in total. The first kappa shape index (κ1) is 18.8. The van der Waals surface area contributed by atoms with E-state index in [-0.39, 0.29) is 5.69 Å². The summed E-state index contributed by atoms with van der Waals surface area (Å²) in [5, 5.41) is 13.8. The van der Waals surface area contributed by atoms with E-state index in [1.54, 1.807) is 12.1 Å². The van der Waals surface area contributed by atoms with E-state index >= 15 is 0 Å². The molecule has 3 aromatic rings. The molecule has 2 aromatic carbocycles. The van der Waals surface area contributed by atoms with Crippen LogP contribution in [0, 0.1) is 0 Å². The van der Waals surface area contributed by atoms with Gasteiger partial charge in [0.1, 0.15) is 6.04 Å². The Morgan fingerprint density at radius 2 is 1.89 bits per heavy atom. The molecule has 1 unspecified atom stereocenters. The zero-order valence-electron chi connectivity index (χ0n) is 13.9. The Bertz CT molecular complexity index is 959. The van der Waals surface area contributed by atoms with Gasteiger partial charge in [-0.15, -0.1) is 10.2 Å². The lowest BCUT2D eigenvalue weighted by Crippen LogP contribution is -2.25. The SMILES string of the molecule is CC(C(=O)Nc1ccc(Cl)c(C(F)(F)F)c1)n1nnc(-c2ccccc2)n1. The second kappa shape index (κ2) is 7.36. The number of carbonyl (C=O) groups is 1. The lowest BCUT2D eigenvalue weighted by atomic mass is 10.2. The molecule has 3 rings (SSSR count). The van der Waals surface area contributed by atoms with Gasteiger partial charge in [0.15, 0.2) is 0 Å². The van der Waals surface area contributed by atoms with Gasteiger partial charge >= 0.3 is 6.18 Å². The van der Waals surface area contributed by atoms with Crippen molar-refractivity contribution >= 4 is 23.2 Å². The molecule has 1 aromatic heterocycles. The van der Waals surface area contributed by atoms with Crippen LogP contribution in [0.5, 0.6) is 0 Å². The molecule has 10 heteroatoms. The molecule has 0 spiro atoms. The first-order chi connectivity index (χ1) is 12.8. The highest BCUT2D eigenvalue weighted by atomic mass is 35.5. The van der Waals surface area contributed by atoms with Gasteiger partial charge in [-0.1, -0.05) is 41.9 Å². The van der Waals surface area contributed by atoms with Crippen molar-refractivity contribution in [3.8, 4) is 11.4 Å². The normalized spacial score (nSPS) is 12.6. The Morgan fingerprint density at radius 3 is 2.56 bits per heavy atom. The van der Waals surface area contributed by atoms with Crippen LogP contribution in [-0.4, -0.2) is 26.1 Å². The van der Waals surface area contributed by atoms with Crippen molar-refractivity contribution in [1.29, 1.82) is 0 Å². The number of halogens is 4. The van der Waals surface area contributed by atoms with Crippen LogP contribution >= 0.6 is 11.6 Å². The molecule has 0 aliphatic rings. The fourth-order valence-corrected chi connectivity index (χ4v) is 2.49. The number of nitrogens with one attached hydrogen (secondary N) is 1. The Balaban J connectivity index is 1.76. The van der Waals surface area contributed by atoms with Crippen LogP contribution in [0.15, 0.2) is 48.5 Å². The number of hydrogen-bond donors (Lipinski definition) is 1. The van der Waals surface area contributed by atoms with Crippen molar-refractivity contribution in [2.75, 3.05) is 5.32 Å². The molecule has 0 fully saturated rings. The fourth-order valence-electron chi connectivity index (χ4n) is 2.26. The van der Waals surface area contributed by atoms with E-state index in [9.17, 15) is 18.0 Å². The molecule has 0 radical (unpaired) electrons. The van der Waals surface area contributed by atoms with Crippen LogP contribution in [0.4, 0.5) is 18.9 Å². The van der Waals surface area contributed by atoms with Crippen LogP contribution in [0.3, 0.4) is 0 Å². The van der Waals surface area contributed by atoms with Crippen LogP contribution in [-0.2, 0) is 11.0 Å². The van der Waals surface area contributed by atoms with Gasteiger partial charge in [-0.25, -0.2) is 0 Å². The molecule has 0 saturated carbocycles. The first-order valence-corrected chi connectivity index (χ1v) is 8.16. The van der Waals surface area contributed by atoms with Gasteiger partial charge in [0.2, 0.25) is 5.82 Å². The van der Waals surface area contributed by atoms with Crippen molar-refractivity contribution in [1.82, 2.24) is 20.2 Å². The maximum atomic E-state index is 12.9. The largest absolute Gasteiger partial charge is 0.417 e. The molecule has 0 aliphatic heterocycles. The predicted octanol–water partition coefficient (Wildman–Crippen LogP) is 4.21. The molecule has 0 aliphatic carbocycles. The molecular formula is C17H13ClF3N5O. The van der Waals surface area contributed by atoms with E-state index in [4.69, 9.17) is 11.6 Å². The minimum atomic E-state index is -4.62. The second-order valence-electron chi connectivity index (χ2n) is 5.66. The quantitative estimate of drug-likeness (QED) is 0.718. The number of hydrogen-bond acceptors (Lipinski definition) is 4. The second-order valence-corrected chi connectivity index (χ2v) is 6.06. The molecule has 1 amide bonds. The molecule has 0 saturated heterocycles. The van der Waals surface area contributed by atoms with E-state index in [0.29, 0.717) is 5.82 Å². The number of carbonyl (C=O) groups excluding carboxylic acids is 1. The minimum Gasteiger partial charge on any atom is -0.324 e. The molecule has 1 atom stereocenters. The highest BCUT2D eigenvalue weighted by molar-refractivity contribution is 6.31. The van der Waals surface area contributed by atoms with E-state index < -0.39 is 28.7 Å². The van der Waals surface area contributed by atoms with Gasteiger partial charge in [-0.2, -0.15) is 18.0 Å². The average molecular weight is 396 g/mol. The van der Waals surface area contributed by atoms with Crippen LogP contribution in [0.2, 0.25) is 5.02 Å². The van der Waals surface area contributed by atoms with Crippen LogP contribution in [0.25, 0.3) is 11.4 Å². The molecule has 1 heterocycles. The van der Waals surface area contributed by atoms with Gasteiger partial charge in [0, 0.05) is 11.3 Å². The summed E-state index contributed by atoms with van der Waals surface area (Å²) >= 11 is 5.57. The fraction of sp³-hybridized carbons (Fsp3) is 0.176. The number of nitrogens with zero attached hydrogens (tertiary/aromatic N) is 4. The Kier molecular flexibility index (Phi) is 5.13. The molecule has 27 heavy (non-hydrogen) atoms. The number of anilines is 1. The van der Waals surface area contributed by atoms with Crippen molar-refractivity contribution < 1.29 is 18.0 Å². The maximum Gasteiger partial charge on any atom is 0.417 e. The summed E-state index contributed by atoms with van der Waals surface area (Å²) in [6.45, 7) is 1.51. The van der Waals surface area contributed by atoms with Crippen LogP contribution < -0.4 is 5.32 Å². The van der Waals surface area contributed by atoms with Crippen molar-refractivity contribution in [3.05, 3.63) is 59.1 Å². The summed E-state index contributed by atoms with van der Waals surface area (Å²) in [4.78, 5) is 13.4. The third kappa shape index (κ3) is 4.25. The number of aromatic nitrogens is 4. The Morgan fingerprint density at radius 1 is 1.19 bits per heavy atom. The van der Waals surface area contributed by atoms with E-state index in [1.165, 1.54) is 13.0 Å². The van der Waals surface area contributed by atoms with Gasteiger partial charge < -0.3 is 5.32 Å². The van der Waals surface area contributed by atoms with Gasteiger partial charge in [0.05, 0.1) is 10.6 Å². The summed E-state index contributed by atoms with van der Waals surface area (Å²) in [5.74, 6) is -0.261. The third-order valence-electron chi connectivity index (χ3n) is 3.73. The summed E-state index contributed by atoms with van der Waals surface area (Å²) in [5.41, 5.74) is -0.337. The lowest BCUT2D eigenvalue weighted by Gasteiger charge is -2.14. The summed E-state index contributed by atoms with van der Waals surface area (Å²) in [7, 11) is 0. The number of benzene rings is 2. The smallest absolute Gasteiger partial charge is 0.324 e. The highest BCUT2D eigenvalue weighted by Crippen LogP contribution is 2.36. The topological polar surface area (TPSA) is 72.7 Å². The number of tetrazole rings is 1. The standard InChI is InChI=1S/C17H13ClF3N5O/c1-10(26-24-15(23-25-26)11-5-3-2-4-6-11)16(27)22-12-7-8-14(18)13(9-12)17(19,20)21/h2-10H,1H3,(H,22,27). The third-order valence-corrected chi connectivity index (χ3v) is 4.05. The highest BCUT2D eigenvalue weighted by Gasteiger charge is 2.33. The summed E-state index contributed by atoms with van der Waals surface area (Å²) in [6, 6.07) is 11.3. The number of amides is 1. The Labute approximate surface area is 157 Å². The summed E-state index contributed by atoms with van der Waals surface area (Å²) in [6.07, 6.45) is -4.62. The Hall–Kier alpha value is -2.94. The van der Waals surface area contributed by atoms with Gasteiger partial charge in [-0.3, -0.25) is 4.79 Å².